The fourth-order valence-electron chi connectivity index (χ4n) is 5.81. The van der Waals surface area contributed by atoms with Crippen LogP contribution in [0.25, 0.3) is 23.2 Å². The molecule has 0 aliphatic rings. The second kappa shape index (κ2) is 19.7. The Morgan fingerprint density at radius 1 is 0.844 bits per heavy atom. The molecule has 3 N–H and O–H groups in total. The summed E-state index contributed by atoms with van der Waals surface area (Å²) < 4.78 is 64.1. The number of amides is 3. The van der Waals surface area contributed by atoms with Gasteiger partial charge in [0.25, 0.3) is 31.5 Å². The Morgan fingerprint density at radius 3 is 2.22 bits per heavy atom. The Balaban J connectivity index is 1.62. The standard InChI is InChI=1S/C45H38N8O9S2/c1-5-40(54)50-63(58,59)33-22-24-39(64(60,61)51-41(55)6-2)38(28-33)49-44(56)42(47-36-23-21-31(52(3)4)27-37(36)46-29-62-32-17-11-8-12-18-32)43-48-35-20-14-13-19-34(35)45(57)53(43)26-25-30-15-9-7-10-16-30/h1,7-29H,6H2,2-4H3,(H,49,56)(H,50,54)(H,51,55)/b26-25+,46-29?,47-42?. The zero-order valence-electron chi connectivity index (χ0n) is 34.3. The van der Waals surface area contributed by atoms with Crippen LogP contribution in [0.1, 0.15) is 24.7 Å². The molecule has 0 fully saturated rings. The highest BCUT2D eigenvalue weighted by molar-refractivity contribution is 7.90. The number of anilines is 2. The lowest BCUT2D eigenvalue weighted by atomic mass is 10.2. The maximum absolute atomic E-state index is 15.0. The highest BCUT2D eigenvalue weighted by Crippen LogP contribution is 2.33. The van der Waals surface area contributed by atoms with E-state index in [2.05, 4.69) is 10.3 Å². The van der Waals surface area contributed by atoms with E-state index in [0.29, 0.717) is 17.0 Å². The van der Waals surface area contributed by atoms with Gasteiger partial charge in [-0.15, -0.1) is 6.42 Å². The largest absolute Gasteiger partial charge is 0.446 e. The molecule has 64 heavy (non-hydrogen) atoms. The van der Waals surface area contributed by atoms with E-state index in [4.69, 9.17) is 21.1 Å². The topological polar surface area (TPSA) is 228 Å². The van der Waals surface area contributed by atoms with Crippen LogP contribution in [0.2, 0.25) is 0 Å². The minimum Gasteiger partial charge on any atom is -0.446 e. The van der Waals surface area contributed by atoms with E-state index < -0.39 is 64.5 Å². The van der Waals surface area contributed by atoms with E-state index in [-0.39, 0.29) is 34.5 Å². The first-order chi connectivity index (χ1) is 30.6. The first-order valence-corrected chi connectivity index (χ1v) is 22.0. The Kier molecular flexibility index (Phi) is 13.9. The van der Waals surface area contributed by atoms with E-state index in [1.807, 2.05) is 10.8 Å². The molecule has 0 spiro atoms. The van der Waals surface area contributed by atoms with Gasteiger partial charge in [-0.3, -0.25) is 23.7 Å². The molecule has 19 heteroatoms. The molecule has 0 saturated heterocycles. The number of aliphatic imine (C=N–C) groups is 2. The van der Waals surface area contributed by atoms with Gasteiger partial charge in [0.05, 0.1) is 32.9 Å². The van der Waals surface area contributed by atoms with Gasteiger partial charge >= 0.3 is 5.91 Å². The van der Waals surface area contributed by atoms with Crippen LogP contribution in [0.15, 0.2) is 146 Å². The number of nitrogens with zero attached hydrogens (tertiary/aromatic N) is 5. The number of nitrogens with one attached hydrogen (secondary N) is 3. The van der Waals surface area contributed by atoms with Gasteiger partial charge in [0.1, 0.15) is 10.6 Å². The van der Waals surface area contributed by atoms with Crippen molar-refractivity contribution in [1.29, 1.82) is 0 Å². The number of carbonyl (C=O) groups excluding carboxylic acids is 3. The predicted molar refractivity (Wildman–Crippen MR) is 245 cm³/mol. The Labute approximate surface area is 368 Å². The lowest BCUT2D eigenvalue weighted by Gasteiger charge is -2.17. The number of para-hydroxylation sites is 2. The lowest BCUT2D eigenvalue weighted by Crippen LogP contribution is -2.34. The van der Waals surface area contributed by atoms with Crippen LogP contribution in [-0.2, 0) is 34.4 Å². The zero-order chi connectivity index (χ0) is 46.0. The normalized spacial score (nSPS) is 11.9. The zero-order valence-corrected chi connectivity index (χ0v) is 35.9. The van der Waals surface area contributed by atoms with Gasteiger partial charge in [-0.25, -0.2) is 41.2 Å². The summed E-state index contributed by atoms with van der Waals surface area (Å²) in [4.78, 5) is 68.0. The average molecular weight is 899 g/mol. The number of hydrogen-bond donors (Lipinski definition) is 3. The molecule has 6 aromatic rings. The molecule has 0 unspecified atom stereocenters. The van der Waals surface area contributed by atoms with E-state index in [1.165, 1.54) is 19.5 Å². The van der Waals surface area contributed by atoms with Gasteiger partial charge in [-0.05, 0) is 78.2 Å². The minimum absolute atomic E-state index is 0.0426. The lowest BCUT2D eigenvalue weighted by molar-refractivity contribution is -0.119. The molecule has 0 bridgehead atoms. The van der Waals surface area contributed by atoms with Gasteiger partial charge in [-0.2, -0.15) is 0 Å². The van der Waals surface area contributed by atoms with Crippen LogP contribution in [0.4, 0.5) is 22.7 Å². The van der Waals surface area contributed by atoms with Crippen molar-refractivity contribution in [2.45, 2.75) is 23.1 Å². The third-order valence-corrected chi connectivity index (χ3v) is 11.8. The number of benzene rings is 5. The molecule has 5 aromatic carbocycles. The molecule has 1 aromatic heterocycles. The second-order valence-electron chi connectivity index (χ2n) is 13.6. The second-order valence-corrected chi connectivity index (χ2v) is 17.0. The van der Waals surface area contributed by atoms with Crippen molar-refractivity contribution < 1.29 is 36.0 Å². The number of sulfonamides is 2. The maximum Gasteiger partial charge on any atom is 0.309 e. The van der Waals surface area contributed by atoms with E-state index in [9.17, 15) is 36.0 Å². The van der Waals surface area contributed by atoms with Crippen molar-refractivity contribution in [2.75, 3.05) is 24.3 Å². The number of rotatable bonds is 15. The number of carbonyl (C=O) groups is 3. The highest BCUT2D eigenvalue weighted by Gasteiger charge is 2.29. The summed E-state index contributed by atoms with van der Waals surface area (Å²) in [5, 5.41) is 2.60. The Hall–Kier alpha value is -8.21. The van der Waals surface area contributed by atoms with Crippen LogP contribution in [0.3, 0.4) is 0 Å². The smallest absolute Gasteiger partial charge is 0.309 e. The van der Waals surface area contributed by atoms with E-state index in [0.717, 1.165) is 22.8 Å². The summed E-state index contributed by atoms with van der Waals surface area (Å²) in [5.74, 6) is -1.71. The minimum atomic E-state index is -4.81. The molecule has 17 nitrogen and oxygen atoms in total. The molecule has 6 rings (SSSR count). The Morgan fingerprint density at radius 2 is 1.53 bits per heavy atom. The van der Waals surface area contributed by atoms with Crippen molar-refractivity contribution in [3.63, 3.8) is 0 Å². The van der Waals surface area contributed by atoms with Crippen molar-refractivity contribution in [2.24, 2.45) is 9.98 Å². The molecular weight excluding hydrogens is 861 g/mol. The van der Waals surface area contributed by atoms with Crippen molar-refractivity contribution in [3.05, 3.63) is 143 Å². The van der Waals surface area contributed by atoms with Gasteiger partial charge < -0.3 is 15.0 Å². The van der Waals surface area contributed by atoms with Gasteiger partial charge in [0.15, 0.2) is 17.9 Å². The summed E-state index contributed by atoms with van der Waals surface area (Å²) in [6.07, 6.45) is 8.97. The highest BCUT2D eigenvalue weighted by atomic mass is 32.2. The molecule has 0 saturated carbocycles. The molecule has 3 amide bonds. The number of aromatic nitrogens is 2. The third-order valence-electron chi connectivity index (χ3n) is 9.01. The van der Waals surface area contributed by atoms with Gasteiger partial charge in [-0.1, -0.05) is 67.6 Å². The fourth-order valence-corrected chi connectivity index (χ4v) is 7.95. The number of fused-ring (bicyclic) bond motifs is 1. The summed E-state index contributed by atoms with van der Waals surface area (Å²) in [7, 11) is -5.98. The summed E-state index contributed by atoms with van der Waals surface area (Å²) >= 11 is 0. The first kappa shape index (κ1) is 45.3. The molecule has 0 aliphatic carbocycles. The molecule has 0 atom stereocenters. The number of hydrogen-bond acceptors (Lipinski definition) is 13. The van der Waals surface area contributed by atoms with Crippen molar-refractivity contribution >= 4 is 95.8 Å². The number of ether oxygens (including phenoxy) is 1. The predicted octanol–water partition coefficient (Wildman–Crippen LogP) is 5.24. The monoisotopic (exact) mass is 898 g/mol. The SMILES string of the molecule is C#CC(=O)NS(=O)(=O)c1ccc(S(=O)(=O)NC(=O)CC)c(NC(=O)C(=Nc2ccc(N(C)C)cc2N=COc2ccccc2)c2nc3ccccc3c(=O)n2/C=C/c2ccccc2)c1. The average Bonchev–Trinajstić information content (AvgIpc) is 3.28. The molecule has 0 aliphatic heterocycles. The van der Waals surface area contributed by atoms with Gasteiger partial charge in [0, 0.05) is 32.4 Å². The van der Waals surface area contributed by atoms with Crippen LogP contribution in [0, 0.1) is 12.3 Å². The van der Waals surface area contributed by atoms with Crippen molar-refractivity contribution in [1.82, 2.24) is 19.0 Å². The van der Waals surface area contributed by atoms with E-state index >= 15 is 0 Å². The molecule has 0 radical (unpaired) electrons. The summed E-state index contributed by atoms with van der Waals surface area (Å²) in [6, 6.07) is 31.3. The third kappa shape index (κ3) is 10.8. The van der Waals surface area contributed by atoms with Crippen LogP contribution in [-0.4, -0.2) is 70.3 Å². The van der Waals surface area contributed by atoms with Gasteiger partial charge in [0.2, 0.25) is 5.91 Å². The molecule has 324 valence electrons. The van der Waals surface area contributed by atoms with Crippen LogP contribution < -0.4 is 30.0 Å². The van der Waals surface area contributed by atoms with Crippen LogP contribution >= 0.6 is 0 Å². The quantitative estimate of drug-likeness (QED) is 0.0686. The van der Waals surface area contributed by atoms with Crippen molar-refractivity contribution in [3.8, 4) is 18.1 Å². The van der Waals surface area contributed by atoms with Crippen LogP contribution in [0.5, 0.6) is 5.75 Å². The fraction of sp³-hybridized carbons (Fsp3) is 0.0889. The molecule has 1 heterocycles. The summed E-state index contributed by atoms with van der Waals surface area (Å²) in [6.45, 7) is 1.40. The number of terminal acetylenes is 1. The Bertz CT molecular complexity index is 3200. The molecular formula is C45H38N8O9S2. The van der Waals surface area contributed by atoms with E-state index in [1.54, 1.807) is 133 Å². The summed E-state index contributed by atoms with van der Waals surface area (Å²) in [5.41, 5.74) is -0.176. The first-order valence-electron chi connectivity index (χ1n) is 19.0. The maximum atomic E-state index is 15.0.